The number of amides is 1. The first-order valence-corrected chi connectivity index (χ1v) is 8.21. The number of aromatic nitrogens is 2. The zero-order chi connectivity index (χ0) is 16.1. The molecule has 22 heavy (non-hydrogen) atoms. The maximum atomic E-state index is 12.4. The second kappa shape index (κ2) is 5.26. The van der Waals surface area contributed by atoms with Crippen molar-refractivity contribution in [3.05, 3.63) is 28.5 Å². The highest BCUT2D eigenvalue weighted by atomic mass is 79.9. The first-order chi connectivity index (χ1) is 10.3. The van der Waals surface area contributed by atoms with Crippen LogP contribution in [-0.2, 0) is 11.3 Å². The van der Waals surface area contributed by atoms with Crippen molar-refractivity contribution in [1.82, 2.24) is 14.5 Å². The topological polar surface area (TPSA) is 47.4 Å². The second-order valence-electron chi connectivity index (χ2n) is 6.58. The predicted octanol–water partition coefficient (Wildman–Crippen LogP) is 4.11. The van der Waals surface area contributed by atoms with Crippen LogP contribution in [0.5, 0.6) is 0 Å². The number of nitrogens with zero attached hydrogens (tertiary/aromatic N) is 3. The summed E-state index contributed by atoms with van der Waals surface area (Å²) in [6.45, 7) is 8.99. The molecule has 6 heteroatoms. The van der Waals surface area contributed by atoms with Gasteiger partial charge in [-0.3, -0.25) is 4.90 Å². The van der Waals surface area contributed by atoms with Crippen LogP contribution in [0.3, 0.4) is 0 Å². The summed E-state index contributed by atoms with van der Waals surface area (Å²) in [4.78, 5) is 18.9. The van der Waals surface area contributed by atoms with E-state index >= 15 is 0 Å². The number of ether oxygens (including phenoxy) is 1. The lowest BCUT2D eigenvalue weighted by molar-refractivity contribution is 0.0123. The molecule has 2 aromatic rings. The summed E-state index contributed by atoms with van der Waals surface area (Å²) in [5.74, 6) is 0.902. The standard InChI is InChI=1S/C16H20BrN3O2/c1-10-14-18-13-11(17)6-5-7-12(13)20(14)9-8-19(10)15(21)22-16(2,3)4/h5-7,10H,8-9H2,1-4H3. The van der Waals surface area contributed by atoms with Crippen LogP contribution in [-0.4, -0.2) is 32.7 Å². The average molecular weight is 366 g/mol. The molecule has 0 radical (unpaired) electrons. The number of carbonyl (C=O) groups excluding carboxylic acids is 1. The molecule has 2 heterocycles. The smallest absolute Gasteiger partial charge is 0.410 e. The highest BCUT2D eigenvalue weighted by Crippen LogP contribution is 2.32. The van der Waals surface area contributed by atoms with Crippen LogP contribution < -0.4 is 0 Å². The number of hydrogen-bond donors (Lipinski definition) is 0. The molecule has 0 fully saturated rings. The Morgan fingerprint density at radius 3 is 2.77 bits per heavy atom. The third-order valence-corrected chi connectivity index (χ3v) is 4.43. The van der Waals surface area contributed by atoms with Gasteiger partial charge in [-0.25, -0.2) is 9.78 Å². The summed E-state index contributed by atoms with van der Waals surface area (Å²) in [7, 11) is 0. The predicted molar refractivity (Wildman–Crippen MR) is 88.8 cm³/mol. The first-order valence-electron chi connectivity index (χ1n) is 7.42. The van der Waals surface area contributed by atoms with Gasteiger partial charge in [-0.15, -0.1) is 0 Å². The molecular weight excluding hydrogens is 346 g/mol. The number of imidazole rings is 1. The molecule has 1 amide bonds. The summed E-state index contributed by atoms with van der Waals surface area (Å²) in [6, 6.07) is 5.94. The van der Waals surface area contributed by atoms with Crippen molar-refractivity contribution in [2.24, 2.45) is 0 Å². The Bertz CT molecular complexity index is 733. The van der Waals surface area contributed by atoms with Crippen molar-refractivity contribution in [2.45, 2.75) is 45.9 Å². The van der Waals surface area contributed by atoms with Crippen molar-refractivity contribution in [3.63, 3.8) is 0 Å². The molecule has 1 unspecified atom stereocenters. The second-order valence-corrected chi connectivity index (χ2v) is 7.43. The summed E-state index contributed by atoms with van der Waals surface area (Å²) in [5.41, 5.74) is 1.55. The van der Waals surface area contributed by atoms with Gasteiger partial charge in [-0.05, 0) is 55.8 Å². The Hall–Kier alpha value is -1.56. The molecule has 1 aliphatic heterocycles. The van der Waals surface area contributed by atoms with Crippen LogP contribution in [0.2, 0.25) is 0 Å². The number of halogens is 1. The number of benzene rings is 1. The minimum atomic E-state index is -0.489. The van der Waals surface area contributed by atoms with Gasteiger partial charge in [0.05, 0.1) is 11.6 Å². The minimum absolute atomic E-state index is 0.108. The number of carbonyl (C=O) groups is 1. The zero-order valence-electron chi connectivity index (χ0n) is 13.3. The van der Waals surface area contributed by atoms with E-state index in [-0.39, 0.29) is 12.1 Å². The number of hydrogen-bond acceptors (Lipinski definition) is 3. The lowest BCUT2D eigenvalue weighted by Crippen LogP contribution is -2.43. The van der Waals surface area contributed by atoms with Crippen LogP contribution >= 0.6 is 15.9 Å². The van der Waals surface area contributed by atoms with E-state index in [2.05, 4.69) is 26.6 Å². The van der Waals surface area contributed by atoms with Gasteiger partial charge >= 0.3 is 6.09 Å². The Morgan fingerprint density at radius 2 is 2.09 bits per heavy atom. The summed E-state index contributed by atoms with van der Waals surface area (Å²) >= 11 is 3.55. The Labute approximate surface area is 138 Å². The number of para-hydroxylation sites is 1. The molecule has 1 aromatic heterocycles. The quantitative estimate of drug-likeness (QED) is 0.705. The SMILES string of the molecule is CC1c2nc3c(Br)cccc3n2CCN1C(=O)OC(C)(C)C. The first kappa shape index (κ1) is 15.3. The van der Waals surface area contributed by atoms with Gasteiger partial charge in [0.1, 0.15) is 16.9 Å². The van der Waals surface area contributed by atoms with Gasteiger partial charge in [-0.1, -0.05) is 6.07 Å². The van der Waals surface area contributed by atoms with Crippen molar-refractivity contribution in [2.75, 3.05) is 6.54 Å². The molecule has 118 valence electrons. The summed E-state index contributed by atoms with van der Waals surface area (Å²) in [5, 5.41) is 0. The van der Waals surface area contributed by atoms with E-state index in [4.69, 9.17) is 9.72 Å². The van der Waals surface area contributed by atoms with Crippen LogP contribution in [0.15, 0.2) is 22.7 Å². The van der Waals surface area contributed by atoms with E-state index in [1.165, 1.54) is 0 Å². The molecule has 5 nitrogen and oxygen atoms in total. The van der Waals surface area contributed by atoms with Gasteiger partial charge in [0.25, 0.3) is 0 Å². The van der Waals surface area contributed by atoms with Crippen molar-refractivity contribution in [1.29, 1.82) is 0 Å². The highest BCUT2D eigenvalue weighted by Gasteiger charge is 2.33. The van der Waals surface area contributed by atoms with Crippen LogP contribution in [0.1, 0.15) is 39.6 Å². The minimum Gasteiger partial charge on any atom is -0.444 e. The molecule has 0 aliphatic carbocycles. The van der Waals surface area contributed by atoms with Gasteiger partial charge in [0, 0.05) is 17.6 Å². The Morgan fingerprint density at radius 1 is 1.36 bits per heavy atom. The molecule has 1 aromatic carbocycles. The highest BCUT2D eigenvalue weighted by molar-refractivity contribution is 9.10. The number of fused-ring (bicyclic) bond motifs is 3. The molecule has 1 aliphatic rings. The summed E-state index contributed by atoms with van der Waals surface area (Å²) < 4.78 is 8.66. The fraction of sp³-hybridized carbons (Fsp3) is 0.500. The van der Waals surface area contributed by atoms with E-state index in [0.717, 1.165) is 27.9 Å². The molecule has 3 rings (SSSR count). The molecule has 0 saturated heterocycles. The third kappa shape index (κ3) is 2.60. The van der Waals surface area contributed by atoms with E-state index in [1.54, 1.807) is 4.90 Å². The molecule has 0 spiro atoms. The number of rotatable bonds is 0. The largest absolute Gasteiger partial charge is 0.444 e. The molecule has 1 atom stereocenters. The maximum Gasteiger partial charge on any atom is 0.410 e. The van der Waals surface area contributed by atoms with Crippen molar-refractivity contribution < 1.29 is 9.53 Å². The fourth-order valence-corrected chi connectivity index (χ4v) is 3.24. The van der Waals surface area contributed by atoms with E-state index in [1.807, 2.05) is 39.8 Å². The maximum absolute atomic E-state index is 12.4. The van der Waals surface area contributed by atoms with E-state index in [0.29, 0.717) is 6.54 Å². The van der Waals surface area contributed by atoms with E-state index in [9.17, 15) is 4.79 Å². The summed E-state index contributed by atoms with van der Waals surface area (Å²) in [6.07, 6.45) is -0.280. The lowest BCUT2D eigenvalue weighted by Gasteiger charge is -2.35. The van der Waals surface area contributed by atoms with Crippen LogP contribution in [0.25, 0.3) is 11.0 Å². The average Bonchev–Trinajstić information content (AvgIpc) is 2.78. The van der Waals surface area contributed by atoms with Crippen molar-refractivity contribution in [3.8, 4) is 0 Å². The van der Waals surface area contributed by atoms with Crippen molar-refractivity contribution >= 4 is 33.1 Å². The van der Waals surface area contributed by atoms with Gasteiger partial charge in [0.2, 0.25) is 0 Å². The fourth-order valence-electron chi connectivity index (χ4n) is 2.80. The normalized spacial score (nSPS) is 18.4. The van der Waals surface area contributed by atoms with E-state index < -0.39 is 5.60 Å². The molecule has 0 saturated carbocycles. The van der Waals surface area contributed by atoms with Gasteiger partial charge in [-0.2, -0.15) is 0 Å². The van der Waals surface area contributed by atoms with Crippen LogP contribution in [0, 0.1) is 0 Å². The zero-order valence-corrected chi connectivity index (χ0v) is 14.8. The Balaban J connectivity index is 1.96. The third-order valence-electron chi connectivity index (χ3n) is 3.79. The van der Waals surface area contributed by atoms with Crippen LogP contribution in [0.4, 0.5) is 4.79 Å². The monoisotopic (exact) mass is 365 g/mol. The molecule has 0 N–H and O–H groups in total. The molecule has 0 bridgehead atoms. The van der Waals surface area contributed by atoms with Gasteiger partial charge in [0.15, 0.2) is 0 Å². The Kier molecular flexibility index (Phi) is 3.67. The lowest BCUT2D eigenvalue weighted by atomic mass is 10.2. The molecular formula is C16H20BrN3O2. The van der Waals surface area contributed by atoms with Gasteiger partial charge < -0.3 is 9.30 Å².